The van der Waals surface area contributed by atoms with Crippen LogP contribution < -0.4 is 0 Å². The van der Waals surface area contributed by atoms with E-state index in [1.54, 1.807) is 12.3 Å². The predicted molar refractivity (Wildman–Crippen MR) is 65.4 cm³/mol. The molecule has 1 nitrogen and oxygen atoms in total. The molecule has 1 heteroatoms. The van der Waals surface area contributed by atoms with Crippen LogP contribution in [0.15, 0.2) is 29.4 Å². The second-order valence-corrected chi connectivity index (χ2v) is 2.26. The SMILES string of the molecule is C=C/C(C)=C\N=C.CC.CCCC. The average Bonchev–Trinajstić information content (AvgIpc) is 2.21. The fourth-order valence-electron chi connectivity index (χ4n) is 0.197. The molecule has 0 aliphatic rings. The van der Waals surface area contributed by atoms with Crippen molar-refractivity contribution >= 4 is 6.72 Å². The monoisotopic (exact) mass is 183 g/mol. The van der Waals surface area contributed by atoms with Crippen LogP contribution in [0.3, 0.4) is 0 Å². The Kier molecular flexibility index (Phi) is 31.2. The molecule has 0 rings (SSSR count). The van der Waals surface area contributed by atoms with Gasteiger partial charge in [-0.2, -0.15) is 0 Å². The zero-order chi connectivity index (χ0) is 11.1. The highest BCUT2D eigenvalue weighted by atomic mass is 14.6. The van der Waals surface area contributed by atoms with Gasteiger partial charge in [-0.15, -0.1) is 0 Å². The Morgan fingerprint density at radius 2 is 1.62 bits per heavy atom. The summed E-state index contributed by atoms with van der Waals surface area (Å²) in [5, 5.41) is 0. The van der Waals surface area contributed by atoms with E-state index >= 15 is 0 Å². The van der Waals surface area contributed by atoms with Crippen molar-refractivity contribution in [2.24, 2.45) is 4.99 Å². The van der Waals surface area contributed by atoms with E-state index in [0.29, 0.717) is 0 Å². The first-order chi connectivity index (χ1) is 6.22. The number of hydrogen-bond acceptors (Lipinski definition) is 1. The second kappa shape index (κ2) is 22.5. The zero-order valence-electron chi connectivity index (χ0n) is 9.93. The van der Waals surface area contributed by atoms with Crippen LogP contribution in [-0.2, 0) is 0 Å². The van der Waals surface area contributed by atoms with Crippen molar-refractivity contribution in [3.63, 3.8) is 0 Å². The third kappa shape index (κ3) is 35.2. The largest absolute Gasteiger partial charge is 0.272 e. The molecule has 13 heavy (non-hydrogen) atoms. The van der Waals surface area contributed by atoms with Crippen molar-refractivity contribution in [2.75, 3.05) is 0 Å². The van der Waals surface area contributed by atoms with Crippen molar-refractivity contribution in [1.82, 2.24) is 0 Å². The van der Waals surface area contributed by atoms with Gasteiger partial charge in [-0.05, 0) is 19.2 Å². The van der Waals surface area contributed by atoms with E-state index in [1.165, 1.54) is 12.8 Å². The van der Waals surface area contributed by atoms with Gasteiger partial charge in [0.2, 0.25) is 0 Å². The molecule has 0 aliphatic carbocycles. The lowest BCUT2D eigenvalue weighted by Gasteiger charge is -1.79. The Hall–Kier alpha value is -0.850. The second-order valence-electron chi connectivity index (χ2n) is 2.26. The number of allylic oxidation sites excluding steroid dienone is 2. The average molecular weight is 183 g/mol. The van der Waals surface area contributed by atoms with E-state index in [4.69, 9.17) is 0 Å². The number of nitrogens with zero attached hydrogens (tertiary/aromatic N) is 1. The lowest BCUT2D eigenvalue weighted by atomic mass is 10.3. The smallest absolute Gasteiger partial charge is 0.0289 e. The van der Waals surface area contributed by atoms with Crippen LogP contribution in [0.5, 0.6) is 0 Å². The van der Waals surface area contributed by atoms with Gasteiger partial charge in [0.15, 0.2) is 0 Å². The molecule has 0 unspecified atom stereocenters. The van der Waals surface area contributed by atoms with Gasteiger partial charge in [-0.3, -0.25) is 4.99 Å². The van der Waals surface area contributed by atoms with E-state index in [1.807, 2.05) is 20.8 Å². The van der Waals surface area contributed by atoms with E-state index in [0.717, 1.165) is 5.57 Å². The summed E-state index contributed by atoms with van der Waals surface area (Å²) >= 11 is 0. The molecular weight excluding hydrogens is 158 g/mol. The van der Waals surface area contributed by atoms with Gasteiger partial charge in [0.1, 0.15) is 0 Å². The summed E-state index contributed by atoms with van der Waals surface area (Å²) in [6, 6.07) is 0. The minimum Gasteiger partial charge on any atom is -0.272 e. The molecule has 0 fully saturated rings. The van der Waals surface area contributed by atoms with Crippen LogP contribution in [0.4, 0.5) is 0 Å². The standard InChI is InChI=1S/C6H9N.C4H10.C2H6/c1-4-6(2)5-7-3;1-3-4-2;1-2/h4-5H,1,3H2,2H3;3-4H2,1-2H3;1-2H3/b6-5-;;. The minimum atomic E-state index is 1.04. The van der Waals surface area contributed by atoms with Crippen LogP contribution in [-0.4, -0.2) is 6.72 Å². The molecular formula is C12H25N. The third-order valence-electron chi connectivity index (χ3n) is 1.12. The first-order valence-corrected chi connectivity index (χ1v) is 4.97. The highest BCUT2D eigenvalue weighted by Crippen LogP contribution is 1.89. The molecule has 0 spiro atoms. The van der Waals surface area contributed by atoms with Crippen LogP contribution >= 0.6 is 0 Å². The van der Waals surface area contributed by atoms with Crippen molar-refractivity contribution in [3.8, 4) is 0 Å². The van der Waals surface area contributed by atoms with Crippen LogP contribution in [0.1, 0.15) is 47.5 Å². The Morgan fingerprint density at radius 1 is 1.23 bits per heavy atom. The maximum absolute atomic E-state index is 3.52. The Balaban J connectivity index is -0.000000142. The molecule has 0 bridgehead atoms. The molecule has 0 saturated heterocycles. The zero-order valence-corrected chi connectivity index (χ0v) is 9.93. The van der Waals surface area contributed by atoms with E-state index in [-0.39, 0.29) is 0 Å². The van der Waals surface area contributed by atoms with Gasteiger partial charge in [0.05, 0.1) is 0 Å². The molecule has 78 valence electrons. The van der Waals surface area contributed by atoms with Crippen molar-refractivity contribution in [3.05, 3.63) is 24.4 Å². The Bertz CT molecular complexity index is 121. The Labute approximate surface area is 84.3 Å². The molecule has 0 aromatic rings. The summed E-state index contributed by atoms with van der Waals surface area (Å²) in [4.78, 5) is 3.52. The summed E-state index contributed by atoms with van der Waals surface area (Å²) in [7, 11) is 0. The first-order valence-electron chi connectivity index (χ1n) is 4.97. The summed E-state index contributed by atoms with van der Waals surface area (Å²) in [6.07, 6.45) is 6.03. The third-order valence-corrected chi connectivity index (χ3v) is 1.12. The minimum absolute atomic E-state index is 1.04. The number of unbranched alkanes of at least 4 members (excludes halogenated alkanes) is 1. The maximum atomic E-state index is 3.52. The van der Waals surface area contributed by atoms with Crippen LogP contribution in [0.25, 0.3) is 0 Å². The molecule has 0 heterocycles. The highest BCUT2D eigenvalue weighted by molar-refractivity contribution is 5.27. The number of aliphatic imine (C=N–C) groups is 1. The van der Waals surface area contributed by atoms with E-state index in [2.05, 4.69) is 32.1 Å². The summed E-state index contributed by atoms with van der Waals surface area (Å²) in [5.41, 5.74) is 1.04. The van der Waals surface area contributed by atoms with Crippen LogP contribution in [0, 0.1) is 0 Å². The molecule has 0 saturated carbocycles. The molecule has 0 N–H and O–H groups in total. The molecule has 0 aromatic carbocycles. The van der Waals surface area contributed by atoms with Gasteiger partial charge in [0.25, 0.3) is 0 Å². The van der Waals surface area contributed by atoms with Crippen LogP contribution in [0.2, 0.25) is 0 Å². The lowest BCUT2D eigenvalue weighted by Crippen LogP contribution is -1.59. The number of rotatable bonds is 3. The highest BCUT2D eigenvalue weighted by Gasteiger charge is 1.69. The molecule has 0 aliphatic heterocycles. The normalized spacial score (nSPS) is 8.54. The van der Waals surface area contributed by atoms with Crippen molar-refractivity contribution in [1.29, 1.82) is 0 Å². The predicted octanol–water partition coefficient (Wildman–Crippen LogP) is 4.61. The van der Waals surface area contributed by atoms with Gasteiger partial charge in [-0.25, -0.2) is 0 Å². The number of hydrogen-bond donors (Lipinski definition) is 0. The lowest BCUT2D eigenvalue weighted by molar-refractivity contribution is 0.886. The fourth-order valence-corrected chi connectivity index (χ4v) is 0.197. The van der Waals surface area contributed by atoms with Gasteiger partial charge >= 0.3 is 0 Å². The molecule has 0 radical (unpaired) electrons. The summed E-state index contributed by atoms with van der Waals surface area (Å²) < 4.78 is 0. The summed E-state index contributed by atoms with van der Waals surface area (Å²) in [6.45, 7) is 17.1. The topological polar surface area (TPSA) is 12.4 Å². The van der Waals surface area contributed by atoms with E-state index in [9.17, 15) is 0 Å². The molecule has 0 amide bonds. The molecule has 0 atom stereocenters. The van der Waals surface area contributed by atoms with Gasteiger partial charge in [0, 0.05) is 6.20 Å². The van der Waals surface area contributed by atoms with E-state index < -0.39 is 0 Å². The van der Waals surface area contributed by atoms with Crippen molar-refractivity contribution < 1.29 is 0 Å². The van der Waals surface area contributed by atoms with Gasteiger partial charge < -0.3 is 0 Å². The first kappa shape index (κ1) is 18.0. The summed E-state index contributed by atoms with van der Waals surface area (Å²) in [5.74, 6) is 0. The Morgan fingerprint density at radius 3 is 1.69 bits per heavy atom. The quantitative estimate of drug-likeness (QED) is 0.447. The van der Waals surface area contributed by atoms with Gasteiger partial charge in [-0.1, -0.05) is 53.2 Å². The fraction of sp³-hybridized carbons (Fsp3) is 0.583. The maximum Gasteiger partial charge on any atom is 0.0289 e. The molecule has 0 aromatic heterocycles. The van der Waals surface area contributed by atoms with Crippen molar-refractivity contribution in [2.45, 2.75) is 47.5 Å².